The highest BCUT2D eigenvalue weighted by molar-refractivity contribution is 6.04. The van der Waals surface area contributed by atoms with Crippen molar-refractivity contribution in [3.05, 3.63) is 45.9 Å². The molecule has 3 aromatic rings. The van der Waals surface area contributed by atoms with E-state index in [2.05, 4.69) is 15.2 Å². The molecule has 2 aromatic heterocycles. The number of fused-ring (bicyclic) bond motifs is 1. The average molecular weight is 327 g/mol. The Kier molecular flexibility index (Phi) is 3.37. The fraction of sp³-hybridized carbons (Fsp3) is 0.312. The number of carbonyl (C=O) groups is 1. The number of nitrogens with two attached hydrogens (primary N) is 1. The molecule has 1 aliphatic rings. The standard InChI is InChI=1S/C16H17N5O3/c17-16-18-11-5-1-4-10(14(11)24-16)15(23)21-6-2-3-9(8-21)12-7-13(22)20-19-12/h1,4-5,7,9H,2-3,6,8H2,(H2,17,18)(H2,19,20,22). The highest BCUT2D eigenvalue weighted by Gasteiger charge is 2.28. The molecule has 4 rings (SSSR count). The minimum atomic E-state index is -0.157. The van der Waals surface area contributed by atoms with Crippen LogP contribution in [0.1, 0.15) is 34.8 Å². The van der Waals surface area contributed by atoms with Crippen LogP contribution >= 0.6 is 0 Å². The SMILES string of the molecule is Nc1nc2cccc(C(=O)N3CCCC(c4cc(=O)[nH][nH]4)C3)c2o1. The van der Waals surface area contributed by atoms with Crippen LogP contribution in [-0.4, -0.2) is 39.1 Å². The van der Waals surface area contributed by atoms with E-state index in [4.69, 9.17) is 10.2 Å². The number of nitrogens with one attached hydrogen (secondary N) is 2. The molecule has 8 nitrogen and oxygen atoms in total. The van der Waals surface area contributed by atoms with E-state index in [-0.39, 0.29) is 23.4 Å². The number of amides is 1. The molecule has 1 amide bonds. The summed E-state index contributed by atoms with van der Waals surface area (Å²) in [5.41, 5.74) is 7.72. The van der Waals surface area contributed by atoms with Crippen LogP contribution in [0, 0.1) is 0 Å². The maximum Gasteiger partial charge on any atom is 0.293 e. The fourth-order valence-corrected chi connectivity index (χ4v) is 3.29. The Morgan fingerprint density at radius 3 is 3.04 bits per heavy atom. The Morgan fingerprint density at radius 2 is 2.25 bits per heavy atom. The summed E-state index contributed by atoms with van der Waals surface area (Å²) in [5.74, 6) is -0.0000174. The number of benzene rings is 1. The number of likely N-dealkylation sites (tertiary alicyclic amines) is 1. The van der Waals surface area contributed by atoms with Gasteiger partial charge in [0.05, 0.1) is 5.56 Å². The second-order valence-corrected chi connectivity index (χ2v) is 6.01. The van der Waals surface area contributed by atoms with Crippen LogP contribution in [0.4, 0.5) is 6.01 Å². The number of hydrogen-bond acceptors (Lipinski definition) is 5. The zero-order valence-electron chi connectivity index (χ0n) is 12.9. The van der Waals surface area contributed by atoms with Crippen LogP contribution in [0.25, 0.3) is 11.1 Å². The van der Waals surface area contributed by atoms with E-state index in [0.29, 0.717) is 29.8 Å². The van der Waals surface area contributed by atoms with Crippen molar-refractivity contribution < 1.29 is 9.21 Å². The summed E-state index contributed by atoms with van der Waals surface area (Å²) in [4.78, 5) is 30.1. The fourth-order valence-electron chi connectivity index (χ4n) is 3.29. The first kappa shape index (κ1) is 14.6. The first-order valence-electron chi connectivity index (χ1n) is 7.83. The third-order valence-electron chi connectivity index (χ3n) is 4.43. The minimum absolute atomic E-state index is 0.0478. The second-order valence-electron chi connectivity index (χ2n) is 6.01. The Bertz CT molecular complexity index is 954. The molecule has 4 N–H and O–H groups in total. The highest BCUT2D eigenvalue weighted by atomic mass is 16.4. The number of nitrogens with zero attached hydrogens (tertiary/aromatic N) is 2. The van der Waals surface area contributed by atoms with Gasteiger partial charge in [0.1, 0.15) is 5.52 Å². The summed E-state index contributed by atoms with van der Waals surface area (Å²) in [6.45, 7) is 1.22. The van der Waals surface area contributed by atoms with Crippen LogP contribution in [0.5, 0.6) is 0 Å². The van der Waals surface area contributed by atoms with Crippen LogP contribution in [0.2, 0.25) is 0 Å². The molecule has 1 fully saturated rings. The van der Waals surface area contributed by atoms with Crippen molar-refractivity contribution >= 4 is 23.0 Å². The zero-order valence-corrected chi connectivity index (χ0v) is 12.9. The number of hydrogen-bond donors (Lipinski definition) is 3. The first-order valence-corrected chi connectivity index (χ1v) is 7.83. The molecule has 0 aliphatic carbocycles. The lowest BCUT2D eigenvalue weighted by Gasteiger charge is -2.32. The molecule has 1 saturated heterocycles. The van der Waals surface area contributed by atoms with E-state index in [1.165, 1.54) is 0 Å². The molecule has 1 atom stereocenters. The van der Waals surface area contributed by atoms with E-state index in [9.17, 15) is 9.59 Å². The van der Waals surface area contributed by atoms with E-state index < -0.39 is 0 Å². The van der Waals surface area contributed by atoms with Crippen molar-refractivity contribution in [1.82, 2.24) is 20.1 Å². The molecule has 1 unspecified atom stereocenters. The van der Waals surface area contributed by atoms with Gasteiger partial charge in [-0.2, -0.15) is 4.98 Å². The first-order chi connectivity index (χ1) is 11.6. The smallest absolute Gasteiger partial charge is 0.293 e. The third-order valence-corrected chi connectivity index (χ3v) is 4.43. The van der Waals surface area contributed by atoms with Gasteiger partial charge in [0.2, 0.25) is 0 Å². The van der Waals surface area contributed by atoms with Gasteiger partial charge in [0.15, 0.2) is 5.58 Å². The maximum absolute atomic E-state index is 12.9. The molecule has 1 aliphatic heterocycles. The lowest BCUT2D eigenvalue weighted by atomic mass is 9.94. The monoisotopic (exact) mass is 327 g/mol. The van der Waals surface area contributed by atoms with Crippen molar-refractivity contribution in [2.75, 3.05) is 18.8 Å². The molecule has 0 spiro atoms. The number of piperidine rings is 1. The van der Waals surface area contributed by atoms with Gasteiger partial charge >= 0.3 is 0 Å². The molecular formula is C16H17N5O3. The minimum Gasteiger partial charge on any atom is -0.423 e. The summed E-state index contributed by atoms with van der Waals surface area (Å²) < 4.78 is 5.39. The van der Waals surface area contributed by atoms with Gasteiger partial charge in [-0.1, -0.05) is 6.07 Å². The van der Waals surface area contributed by atoms with Gasteiger partial charge in [-0.05, 0) is 25.0 Å². The zero-order chi connectivity index (χ0) is 16.7. The number of aromatic amines is 2. The van der Waals surface area contributed by atoms with Gasteiger partial charge < -0.3 is 20.1 Å². The summed E-state index contributed by atoms with van der Waals surface area (Å²) in [5, 5.41) is 5.43. The third kappa shape index (κ3) is 2.45. The molecule has 0 radical (unpaired) electrons. The summed E-state index contributed by atoms with van der Waals surface area (Å²) in [6, 6.07) is 6.85. The number of nitrogen functional groups attached to an aromatic ring is 1. The normalized spacial score (nSPS) is 18.2. The van der Waals surface area contributed by atoms with Crippen molar-refractivity contribution in [3.8, 4) is 0 Å². The largest absolute Gasteiger partial charge is 0.423 e. The number of rotatable bonds is 2. The summed E-state index contributed by atoms with van der Waals surface area (Å²) >= 11 is 0. The van der Waals surface area contributed by atoms with E-state index in [0.717, 1.165) is 18.5 Å². The molecular weight excluding hydrogens is 310 g/mol. The Hall–Kier alpha value is -3.03. The number of anilines is 1. The molecule has 124 valence electrons. The van der Waals surface area contributed by atoms with Gasteiger partial charge in [-0.25, -0.2) is 0 Å². The van der Waals surface area contributed by atoms with Crippen molar-refractivity contribution in [2.24, 2.45) is 0 Å². The van der Waals surface area contributed by atoms with Crippen LogP contribution in [-0.2, 0) is 0 Å². The van der Waals surface area contributed by atoms with Gasteiger partial charge in [0.25, 0.3) is 17.5 Å². The van der Waals surface area contributed by atoms with Crippen LogP contribution in [0.15, 0.2) is 33.5 Å². The van der Waals surface area contributed by atoms with E-state index in [1.54, 1.807) is 29.2 Å². The molecule has 1 aromatic carbocycles. The van der Waals surface area contributed by atoms with Crippen molar-refractivity contribution in [1.29, 1.82) is 0 Å². The molecule has 8 heteroatoms. The van der Waals surface area contributed by atoms with Gasteiger partial charge in [-0.3, -0.25) is 14.7 Å². The van der Waals surface area contributed by atoms with Crippen LogP contribution in [0.3, 0.4) is 0 Å². The van der Waals surface area contributed by atoms with E-state index in [1.807, 2.05) is 0 Å². The average Bonchev–Trinajstić information content (AvgIpc) is 3.18. The highest BCUT2D eigenvalue weighted by Crippen LogP contribution is 2.28. The number of carbonyl (C=O) groups excluding carboxylic acids is 1. The van der Waals surface area contributed by atoms with Gasteiger partial charge in [-0.15, -0.1) is 0 Å². The van der Waals surface area contributed by atoms with E-state index >= 15 is 0 Å². The summed E-state index contributed by atoms with van der Waals surface area (Å²) in [7, 11) is 0. The second kappa shape index (κ2) is 5.55. The number of oxazole rings is 1. The van der Waals surface area contributed by atoms with Crippen molar-refractivity contribution in [3.63, 3.8) is 0 Å². The Labute approximate surface area is 136 Å². The number of H-pyrrole nitrogens is 2. The molecule has 0 bridgehead atoms. The number of para-hydroxylation sites is 1. The van der Waals surface area contributed by atoms with Crippen molar-refractivity contribution in [2.45, 2.75) is 18.8 Å². The Morgan fingerprint density at radius 1 is 1.38 bits per heavy atom. The van der Waals surface area contributed by atoms with Gasteiger partial charge in [0, 0.05) is 30.8 Å². The van der Waals surface area contributed by atoms with Crippen LogP contribution < -0.4 is 11.3 Å². The number of aromatic nitrogens is 3. The topological polar surface area (TPSA) is 121 Å². The molecule has 0 saturated carbocycles. The Balaban J connectivity index is 1.62. The quantitative estimate of drug-likeness (QED) is 0.657. The maximum atomic E-state index is 12.9. The lowest BCUT2D eigenvalue weighted by Crippen LogP contribution is -2.39. The summed E-state index contributed by atoms with van der Waals surface area (Å²) in [6.07, 6.45) is 1.80. The molecule has 3 heterocycles. The lowest BCUT2D eigenvalue weighted by molar-refractivity contribution is 0.0707. The predicted molar refractivity (Wildman–Crippen MR) is 87.7 cm³/mol. The predicted octanol–water partition coefficient (Wildman–Crippen LogP) is 1.45. The molecule has 24 heavy (non-hydrogen) atoms.